The van der Waals surface area contributed by atoms with Crippen LogP contribution in [0.15, 0.2) is 17.0 Å². The maximum Gasteiger partial charge on any atom is 0.243 e. The van der Waals surface area contributed by atoms with Gasteiger partial charge in [-0.05, 0) is 12.8 Å². The lowest BCUT2D eigenvalue weighted by Gasteiger charge is -2.05. The van der Waals surface area contributed by atoms with Gasteiger partial charge >= 0.3 is 0 Å². The zero-order chi connectivity index (χ0) is 13.1. The smallest absolute Gasteiger partial charge is 0.243 e. The van der Waals surface area contributed by atoms with Crippen molar-refractivity contribution in [2.75, 3.05) is 6.61 Å². The van der Waals surface area contributed by atoms with Crippen molar-refractivity contribution in [2.45, 2.75) is 37.8 Å². The maximum absolute atomic E-state index is 6.03. The molecule has 1 aliphatic rings. The van der Waals surface area contributed by atoms with Crippen molar-refractivity contribution in [1.82, 2.24) is 20.1 Å². The molecule has 0 aromatic carbocycles. The zero-order valence-corrected chi connectivity index (χ0v) is 10.6. The van der Waals surface area contributed by atoms with Crippen LogP contribution in [0.5, 0.6) is 0 Å². The molecule has 0 aliphatic carbocycles. The van der Waals surface area contributed by atoms with Crippen LogP contribution in [-0.2, 0) is 17.6 Å². The van der Waals surface area contributed by atoms with E-state index in [0.29, 0.717) is 24.6 Å². The molecule has 2 aromatic rings. The summed E-state index contributed by atoms with van der Waals surface area (Å²) in [7, 11) is 0. The first-order chi connectivity index (χ1) is 9.31. The predicted octanol–water partition coefficient (Wildman–Crippen LogP) is 0.757. The first kappa shape index (κ1) is 12.3. The van der Waals surface area contributed by atoms with Crippen LogP contribution in [0.25, 0.3) is 0 Å². The van der Waals surface area contributed by atoms with E-state index in [9.17, 15) is 0 Å². The summed E-state index contributed by atoms with van der Waals surface area (Å²) in [5.74, 6) is 1.13. The molecule has 1 fully saturated rings. The van der Waals surface area contributed by atoms with Gasteiger partial charge in [-0.1, -0.05) is 5.16 Å². The Bertz CT molecular complexity index is 504. The molecule has 0 bridgehead atoms. The Morgan fingerprint density at radius 3 is 3.21 bits per heavy atom. The van der Waals surface area contributed by atoms with Crippen LogP contribution in [0.1, 0.15) is 36.3 Å². The van der Waals surface area contributed by atoms with Gasteiger partial charge in [-0.25, -0.2) is 4.98 Å². The molecule has 2 atom stereocenters. The monoisotopic (exact) mass is 263 g/mol. The van der Waals surface area contributed by atoms with Gasteiger partial charge in [0, 0.05) is 31.3 Å². The number of aromatic nitrogens is 4. The van der Waals surface area contributed by atoms with E-state index in [1.807, 2.05) is 0 Å². The third-order valence-corrected chi connectivity index (χ3v) is 3.23. The molecule has 102 valence electrons. The van der Waals surface area contributed by atoms with Crippen LogP contribution in [0.2, 0.25) is 0 Å². The average Bonchev–Trinajstić information content (AvgIpc) is 3.10. The molecular formula is C12H17N5O2. The van der Waals surface area contributed by atoms with E-state index in [1.54, 1.807) is 12.5 Å². The fourth-order valence-corrected chi connectivity index (χ4v) is 2.23. The standard InChI is InChI=1S/C12H17N5O2/c13-10(4-8-6-14-7-15-8)12-16-11(17-19-12)5-9-2-1-3-18-9/h6-7,9-10H,1-5,13H2,(H,14,15)/t9?,10-/m0/s1. The highest BCUT2D eigenvalue weighted by Crippen LogP contribution is 2.17. The minimum absolute atomic E-state index is 0.217. The summed E-state index contributed by atoms with van der Waals surface area (Å²) in [5.41, 5.74) is 6.98. The fourth-order valence-electron chi connectivity index (χ4n) is 2.23. The third kappa shape index (κ3) is 2.99. The van der Waals surface area contributed by atoms with E-state index < -0.39 is 0 Å². The summed E-state index contributed by atoms with van der Waals surface area (Å²) >= 11 is 0. The van der Waals surface area contributed by atoms with Gasteiger partial charge in [-0.15, -0.1) is 0 Å². The lowest BCUT2D eigenvalue weighted by Crippen LogP contribution is -2.14. The molecule has 3 heterocycles. The van der Waals surface area contributed by atoms with Gasteiger partial charge < -0.3 is 20.0 Å². The molecule has 7 heteroatoms. The molecular weight excluding hydrogens is 246 g/mol. The Kier molecular flexibility index (Phi) is 3.56. The highest BCUT2D eigenvalue weighted by molar-refractivity contribution is 5.02. The number of nitrogens with one attached hydrogen (secondary N) is 1. The number of hydrogen-bond acceptors (Lipinski definition) is 6. The van der Waals surface area contributed by atoms with Gasteiger partial charge in [0.2, 0.25) is 5.89 Å². The van der Waals surface area contributed by atoms with Crippen molar-refractivity contribution >= 4 is 0 Å². The molecule has 3 N–H and O–H groups in total. The zero-order valence-electron chi connectivity index (χ0n) is 10.6. The molecule has 1 unspecified atom stereocenters. The lowest BCUT2D eigenvalue weighted by atomic mass is 10.1. The Hall–Kier alpha value is -1.73. The van der Waals surface area contributed by atoms with Gasteiger partial charge in [0.15, 0.2) is 5.82 Å². The molecule has 2 aromatic heterocycles. The van der Waals surface area contributed by atoms with E-state index in [1.165, 1.54) is 0 Å². The van der Waals surface area contributed by atoms with Gasteiger partial charge in [-0.3, -0.25) is 0 Å². The van der Waals surface area contributed by atoms with Crippen molar-refractivity contribution in [3.8, 4) is 0 Å². The Morgan fingerprint density at radius 1 is 1.53 bits per heavy atom. The van der Waals surface area contributed by atoms with Crippen molar-refractivity contribution in [3.63, 3.8) is 0 Å². The Morgan fingerprint density at radius 2 is 2.47 bits per heavy atom. The minimum atomic E-state index is -0.314. The van der Waals surface area contributed by atoms with Gasteiger partial charge in [0.05, 0.1) is 18.5 Å². The van der Waals surface area contributed by atoms with E-state index in [4.69, 9.17) is 15.0 Å². The summed E-state index contributed by atoms with van der Waals surface area (Å²) in [6, 6.07) is -0.314. The molecule has 19 heavy (non-hydrogen) atoms. The highest BCUT2D eigenvalue weighted by atomic mass is 16.5. The van der Waals surface area contributed by atoms with Crippen molar-refractivity contribution in [3.05, 3.63) is 29.9 Å². The van der Waals surface area contributed by atoms with Gasteiger partial charge in [-0.2, -0.15) is 4.98 Å². The average molecular weight is 263 g/mol. The number of nitrogens with two attached hydrogens (primary N) is 1. The Labute approximate surface area is 110 Å². The largest absolute Gasteiger partial charge is 0.378 e. The van der Waals surface area contributed by atoms with E-state index in [2.05, 4.69) is 20.1 Å². The summed E-state index contributed by atoms with van der Waals surface area (Å²) in [5, 5.41) is 3.96. The lowest BCUT2D eigenvalue weighted by molar-refractivity contribution is 0.109. The van der Waals surface area contributed by atoms with Crippen LogP contribution in [0.3, 0.4) is 0 Å². The highest BCUT2D eigenvalue weighted by Gasteiger charge is 2.21. The molecule has 1 aliphatic heterocycles. The van der Waals surface area contributed by atoms with Crippen molar-refractivity contribution < 1.29 is 9.26 Å². The summed E-state index contributed by atoms with van der Waals surface area (Å²) < 4.78 is 10.8. The number of imidazole rings is 1. The van der Waals surface area contributed by atoms with Crippen LogP contribution >= 0.6 is 0 Å². The number of ether oxygens (including phenoxy) is 1. The molecule has 7 nitrogen and oxygen atoms in total. The number of hydrogen-bond donors (Lipinski definition) is 2. The maximum atomic E-state index is 6.03. The molecule has 0 saturated carbocycles. The number of aromatic amines is 1. The second-order valence-electron chi connectivity index (χ2n) is 4.78. The van der Waals surface area contributed by atoms with Crippen LogP contribution in [-0.4, -0.2) is 32.8 Å². The second-order valence-corrected chi connectivity index (χ2v) is 4.78. The second kappa shape index (κ2) is 5.50. The van der Waals surface area contributed by atoms with E-state index >= 15 is 0 Å². The van der Waals surface area contributed by atoms with Crippen LogP contribution < -0.4 is 5.73 Å². The first-order valence-electron chi connectivity index (χ1n) is 6.48. The van der Waals surface area contributed by atoms with Crippen molar-refractivity contribution in [2.24, 2.45) is 5.73 Å². The Balaban J connectivity index is 1.60. The molecule has 0 radical (unpaired) electrons. The van der Waals surface area contributed by atoms with Crippen LogP contribution in [0, 0.1) is 0 Å². The first-order valence-corrected chi connectivity index (χ1v) is 6.48. The van der Waals surface area contributed by atoms with Crippen molar-refractivity contribution in [1.29, 1.82) is 0 Å². The summed E-state index contributed by atoms with van der Waals surface area (Å²) in [6.07, 6.45) is 7.04. The predicted molar refractivity (Wildman–Crippen MR) is 66.2 cm³/mol. The van der Waals surface area contributed by atoms with Crippen LogP contribution in [0.4, 0.5) is 0 Å². The molecule has 3 rings (SSSR count). The van der Waals surface area contributed by atoms with E-state index in [0.717, 1.165) is 25.1 Å². The normalized spacial score (nSPS) is 20.8. The number of nitrogens with zero attached hydrogens (tertiary/aromatic N) is 3. The SMILES string of the molecule is N[C@@H](Cc1cnc[nH]1)c1nc(CC2CCCO2)no1. The molecule has 0 spiro atoms. The van der Waals surface area contributed by atoms with Gasteiger partial charge in [0.25, 0.3) is 0 Å². The van der Waals surface area contributed by atoms with E-state index in [-0.39, 0.29) is 12.1 Å². The summed E-state index contributed by atoms with van der Waals surface area (Å²) in [6.45, 7) is 0.828. The van der Waals surface area contributed by atoms with Gasteiger partial charge in [0.1, 0.15) is 0 Å². The minimum Gasteiger partial charge on any atom is -0.378 e. The summed E-state index contributed by atoms with van der Waals surface area (Å²) in [4.78, 5) is 11.3. The fraction of sp³-hybridized carbons (Fsp3) is 0.583. The molecule has 1 saturated heterocycles. The third-order valence-electron chi connectivity index (χ3n) is 3.23. The number of H-pyrrole nitrogens is 1. The number of rotatable bonds is 5. The topological polar surface area (TPSA) is 103 Å². The molecule has 0 amide bonds. The quantitative estimate of drug-likeness (QED) is 0.825.